The zero-order valence-corrected chi connectivity index (χ0v) is 20.8. The molecule has 1 aromatic rings. The van der Waals surface area contributed by atoms with E-state index in [4.69, 9.17) is 4.74 Å². The molecule has 0 aromatic heterocycles. The molecule has 2 amide bonds. The lowest BCUT2D eigenvalue weighted by Gasteiger charge is -2.36. The van der Waals surface area contributed by atoms with Crippen molar-refractivity contribution in [3.8, 4) is 0 Å². The molecule has 3 aliphatic rings. The summed E-state index contributed by atoms with van der Waals surface area (Å²) in [5, 5.41) is 13.2. The van der Waals surface area contributed by atoms with Crippen molar-refractivity contribution >= 4 is 35.2 Å². The van der Waals surface area contributed by atoms with Gasteiger partial charge in [-0.05, 0) is 64.2 Å². The lowest BCUT2D eigenvalue weighted by atomic mass is 9.66. The van der Waals surface area contributed by atoms with E-state index >= 15 is 0 Å². The Bertz CT molecular complexity index is 980. The van der Waals surface area contributed by atoms with Gasteiger partial charge in [0.15, 0.2) is 0 Å². The Morgan fingerprint density at radius 2 is 2.03 bits per heavy atom. The number of likely N-dealkylation sites (tertiary alicyclic amines) is 1. The number of carbonyl (C=O) groups excluding carboxylic acids is 3. The number of anilines is 1. The van der Waals surface area contributed by atoms with Crippen LogP contribution in [0.2, 0.25) is 0 Å². The molecule has 4 rings (SSSR count). The molecule has 3 saturated heterocycles. The number of carbonyl (C=O) groups is 3. The predicted molar refractivity (Wildman–Crippen MR) is 128 cm³/mol. The fourth-order valence-electron chi connectivity index (χ4n) is 6.13. The van der Waals surface area contributed by atoms with Crippen LogP contribution in [0.25, 0.3) is 0 Å². The Hall–Kier alpha value is -2.06. The highest BCUT2D eigenvalue weighted by Gasteiger charge is 2.77. The summed E-state index contributed by atoms with van der Waals surface area (Å²) in [4.78, 5) is 42.4. The molecule has 3 aliphatic heterocycles. The van der Waals surface area contributed by atoms with Crippen LogP contribution in [0.4, 0.5) is 5.69 Å². The van der Waals surface area contributed by atoms with E-state index in [1.165, 1.54) is 0 Å². The summed E-state index contributed by atoms with van der Waals surface area (Å²) < 4.78 is 4.23. The van der Waals surface area contributed by atoms with E-state index in [1.807, 2.05) is 45.9 Å². The molecule has 180 valence electrons. The van der Waals surface area contributed by atoms with Crippen LogP contribution in [0.15, 0.2) is 18.2 Å². The highest BCUT2D eigenvalue weighted by molar-refractivity contribution is 8.02. The van der Waals surface area contributed by atoms with Gasteiger partial charge in [0.2, 0.25) is 11.8 Å². The maximum Gasteiger partial charge on any atom is 0.311 e. The molecule has 3 fully saturated rings. The van der Waals surface area contributed by atoms with Crippen molar-refractivity contribution in [2.45, 2.75) is 75.5 Å². The monoisotopic (exact) mass is 474 g/mol. The SMILES string of the molecule is CCOC(=O)[C@H]1[C@H]2C(=O)N([C@@H](CC)CO)C(C(=O)Nc3cc(C)ccc3C)C23CC[C@]1(C)S3. The zero-order chi connectivity index (χ0) is 24.1. The highest BCUT2D eigenvalue weighted by Crippen LogP contribution is 2.71. The highest BCUT2D eigenvalue weighted by atomic mass is 32.2. The van der Waals surface area contributed by atoms with Gasteiger partial charge in [0.05, 0.1) is 35.8 Å². The van der Waals surface area contributed by atoms with Crippen LogP contribution in [-0.2, 0) is 19.1 Å². The molecule has 6 atom stereocenters. The number of aryl methyl sites for hydroxylation is 2. The van der Waals surface area contributed by atoms with Gasteiger partial charge in [-0.2, -0.15) is 0 Å². The Kier molecular flexibility index (Phi) is 6.29. The van der Waals surface area contributed by atoms with Gasteiger partial charge in [-0.3, -0.25) is 14.4 Å². The number of aliphatic hydroxyl groups excluding tert-OH is 1. The summed E-state index contributed by atoms with van der Waals surface area (Å²) in [6.07, 6.45) is 1.93. The van der Waals surface area contributed by atoms with E-state index in [0.29, 0.717) is 12.8 Å². The van der Waals surface area contributed by atoms with E-state index in [9.17, 15) is 19.5 Å². The number of ether oxygens (including phenoxy) is 1. The first-order chi connectivity index (χ1) is 15.6. The molecule has 2 N–H and O–H groups in total. The van der Waals surface area contributed by atoms with Gasteiger partial charge in [-0.15, -0.1) is 11.8 Å². The number of nitrogens with one attached hydrogen (secondary N) is 1. The minimum atomic E-state index is -0.765. The third-order valence-electron chi connectivity index (χ3n) is 7.73. The molecule has 7 nitrogen and oxygen atoms in total. The van der Waals surface area contributed by atoms with E-state index < -0.39 is 33.4 Å². The summed E-state index contributed by atoms with van der Waals surface area (Å²) in [5.41, 5.74) is 2.68. The van der Waals surface area contributed by atoms with Crippen molar-refractivity contribution in [2.75, 3.05) is 18.5 Å². The number of hydrogen-bond acceptors (Lipinski definition) is 6. The van der Waals surface area contributed by atoms with E-state index in [1.54, 1.807) is 23.6 Å². The van der Waals surface area contributed by atoms with Crippen LogP contribution in [0.1, 0.15) is 51.2 Å². The quantitative estimate of drug-likeness (QED) is 0.590. The lowest BCUT2D eigenvalue weighted by molar-refractivity contribution is -0.155. The normalized spacial score (nSPS) is 33.2. The van der Waals surface area contributed by atoms with Gasteiger partial charge < -0.3 is 20.1 Å². The first kappa shape index (κ1) is 24.1. The number of esters is 1. The van der Waals surface area contributed by atoms with Crippen LogP contribution in [0.3, 0.4) is 0 Å². The number of aliphatic hydroxyl groups is 1. The molecule has 3 heterocycles. The number of nitrogens with zero attached hydrogens (tertiary/aromatic N) is 1. The first-order valence-electron chi connectivity index (χ1n) is 11.8. The average molecular weight is 475 g/mol. The Morgan fingerprint density at radius 3 is 2.67 bits per heavy atom. The van der Waals surface area contributed by atoms with Gasteiger partial charge >= 0.3 is 5.97 Å². The zero-order valence-electron chi connectivity index (χ0n) is 20.0. The van der Waals surface area contributed by atoms with Crippen molar-refractivity contribution < 1.29 is 24.2 Å². The van der Waals surface area contributed by atoms with Crippen molar-refractivity contribution in [1.29, 1.82) is 0 Å². The van der Waals surface area contributed by atoms with Crippen LogP contribution in [0, 0.1) is 25.7 Å². The van der Waals surface area contributed by atoms with E-state index in [0.717, 1.165) is 23.2 Å². The number of hydrogen-bond donors (Lipinski definition) is 2. The van der Waals surface area contributed by atoms with Gasteiger partial charge in [-0.1, -0.05) is 19.1 Å². The average Bonchev–Trinajstić information content (AvgIpc) is 3.33. The molecular weight excluding hydrogens is 440 g/mol. The molecule has 0 aliphatic carbocycles. The Balaban J connectivity index is 1.78. The first-order valence-corrected chi connectivity index (χ1v) is 12.6. The Morgan fingerprint density at radius 1 is 1.30 bits per heavy atom. The molecule has 0 saturated carbocycles. The second-order valence-corrected chi connectivity index (χ2v) is 11.7. The molecule has 2 unspecified atom stereocenters. The minimum Gasteiger partial charge on any atom is -0.466 e. The number of thioether (sulfide) groups is 1. The lowest BCUT2D eigenvalue weighted by Crippen LogP contribution is -2.54. The smallest absolute Gasteiger partial charge is 0.311 e. The molecule has 1 spiro atoms. The van der Waals surface area contributed by atoms with Crippen LogP contribution in [-0.4, -0.2) is 62.6 Å². The second kappa shape index (κ2) is 8.62. The molecule has 2 bridgehead atoms. The predicted octanol–water partition coefficient (Wildman–Crippen LogP) is 3.06. The standard InChI is InChI=1S/C25H34N2O5S/c1-6-16(13-28)27-20(21(29)26-17-12-14(3)8-9-15(17)4)25-11-10-24(5,33-25)19(18(25)22(27)30)23(31)32-7-2/h8-9,12,16,18-20,28H,6-7,10-11,13H2,1-5H3,(H,26,29)/t16-,18-,19+,20?,24-,25?/m0/s1. The number of fused-ring (bicyclic) bond motifs is 1. The summed E-state index contributed by atoms with van der Waals surface area (Å²) in [6.45, 7) is 9.60. The minimum absolute atomic E-state index is 0.217. The molecule has 0 radical (unpaired) electrons. The summed E-state index contributed by atoms with van der Waals surface area (Å²) in [6, 6.07) is 4.62. The molecule has 8 heteroatoms. The number of benzene rings is 1. The van der Waals surface area contributed by atoms with Crippen LogP contribution >= 0.6 is 11.8 Å². The molecule has 33 heavy (non-hydrogen) atoms. The van der Waals surface area contributed by atoms with Crippen LogP contribution in [0.5, 0.6) is 0 Å². The van der Waals surface area contributed by atoms with Crippen LogP contribution < -0.4 is 5.32 Å². The summed E-state index contributed by atoms with van der Waals surface area (Å²) in [5.74, 6) is -2.06. The molecular formula is C25H34N2O5S. The van der Waals surface area contributed by atoms with Crippen molar-refractivity contribution in [1.82, 2.24) is 4.90 Å². The summed E-state index contributed by atoms with van der Waals surface area (Å²) in [7, 11) is 0. The van der Waals surface area contributed by atoms with Gasteiger partial charge in [0.1, 0.15) is 6.04 Å². The van der Waals surface area contributed by atoms with Gasteiger partial charge in [0, 0.05) is 10.4 Å². The fraction of sp³-hybridized carbons (Fsp3) is 0.640. The van der Waals surface area contributed by atoms with Gasteiger partial charge in [-0.25, -0.2) is 0 Å². The van der Waals surface area contributed by atoms with E-state index in [-0.39, 0.29) is 31.0 Å². The number of rotatable bonds is 7. The van der Waals surface area contributed by atoms with Crippen molar-refractivity contribution in [2.24, 2.45) is 11.8 Å². The van der Waals surface area contributed by atoms with Crippen molar-refractivity contribution in [3.63, 3.8) is 0 Å². The fourth-order valence-corrected chi connectivity index (χ4v) is 8.46. The number of amides is 2. The topological polar surface area (TPSA) is 95.9 Å². The summed E-state index contributed by atoms with van der Waals surface area (Å²) >= 11 is 1.61. The van der Waals surface area contributed by atoms with E-state index in [2.05, 4.69) is 5.32 Å². The Labute approximate surface area is 199 Å². The maximum atomic E-state index is 13.9. The third kappa shape index (κ3) is 3.57. The maximum absolute atomic E-state index is 13.9. The molecule has 1 aromatic carbocycles. The van der Waals surface area contributed by atoms with Gasteiger partial charge in [0.25, 0.3) is 0 Å². The second-order valence-electron chi connectivity index (χ2n) is 9.78. The third-order valence-corrected chi connectivity index (χ3v) is 9.72. The largest absolute Gasteiger partial charge is 0.466 e. The van der Waals surface area contributed by atoms with Crippen molar-refractivity contribution in [3.05, 3.63) is 29.3 Å².